The van der Waals surface area contributed by atoms with Crippen LogP contribution in [0, 0.1) is 6.92 Å². The molecule has 1 amide bonds. The maximum atomic E-state index is 12.5. The molecule has 0 aromatic heterocycles. The number of carbonyl (C=O) groups is 1. The van der Waals surface area contributed by atoms with Crippen LogP contribution in [0.2, 0.25) is 0 Å². The molecule has 1 N–H and O–H groups in total. The molecule has 1 aliphatic rings. The van der Waals surface area contributed by atoms with E-state index in [2.05, 4.69) is 29.6 Å². The van der Waals surface area contributed by atoms with Crippen LogP contribution in [0.3, 0.4) is 0 Å². The Labute approximate surface area is 167 Å². The number of anilines is 1. The van der Waals surface area contributed by atoms with E-state index in [1.54, 1.807) is 24.3 Å². The molecule has 2 aromatic carbocycles. The van der Waals surface area contributed by atoms with Crippen molar-refractivity contribution < 1.29 is 13.2 Å². The van der Waals surface area contributed by atoms with Gasteiger partial charge in [0.2, 0.25) is 15.9 Å². The SMILES string of the molecule is Cc1ccc(CN(C)CC(=O)Nc2ccc(S(=O)(=O)N3CCCC3)cc2)cc1. The highest BCUT2D eigenvalue weighted by atomic mass is 32.2. The van der Waals surface area contributed by atoms with Crippen LogP contribution in [0.15, 0.2) is 53.4 Å². The van der Waals surface area contributed by atoms with Gasteiger partial charge in [0.05, 0.1) is 11.4 Å². The van der Waals surface area contributed by atoms with E-state index in [9.17, 15) is 13.2 Å². The number of rotatable bonds is 7. The van der Waals surface area contributed by atoms with Crippen molar-refractivity contribution in [3.05, 3.63) is 59.7 Å². The van der Waals surface area contributed by atoms with E-state index in [0.29, 0.717) is 25.3 Å². The van der Waals surface area contributed by atoms with Crippen LogP contribution in [0.5, 0.6) is 0 Å². The van der Waals surface area contributed by atoms with Crippen LogP contribution in [-0.4, -0.2) is 50.2 Å². The fraction of sp³-hybridized carbons (Fsp3) is 0.381. The van der Waals surface area contributed by atoms with Crippen LogP contribution in [0.1, 0.15) is 24.0 Å². The summed E-state index contributed by atoms with van der Waals surface area (Å²) in [7, 11) is -1.53. The molecule has 0 bridgehead atoms. The predicted molar refractivity (Wildman–Crippen MR) is 111 cm³/mol. The zero-order valence-corrected chi connectivity index (χ0v) is 17.2. The fourth-order valence-corrected chi connectivity index (χ4v) is 4.81. The van der Waals surface area contributed by atoms with Crippen molar-refractivity contribution in [3.63, 3.8) is 0 Å². The molecule has 1 heterocycles. The topological polar surface area (TPSA) is 69.7 Å². The van der Waals surface area contributed by atoms with E-state index in [1.165, 1.54) is 9.87 Å². The molecule has 2 aromatic rings. The molecular weight excluding hydrogens is 374 g/mol. The number of sulfonamides is 1. The molecule has 7 heteroatoms. The van der Waals surface area contributed by atoms with E-state index in [1.807, 2.05) is 18.9 Å². The Balaban J connectivity index is 1.54. The molecule has 3 rings (SSSR count). The zero-order valence-electron chi connectivity index (χ0n) is 16.4. The highest BCUT2D eigenvalue weighted by Crippen LogP contribution is 2.22. The van der Waals surface area contributed by atoms with Crippen molar-refractivity contribution in [2.45, 2.75) is 31.2 Å². The highest BCUT2D eigenvalue weighted by Gasteiger charge is 2.26. The second-order valence-electron chi connectivity index (χ2n) is 7.34. The lowest BCUT2D eigenvalue weighted by Crippen LogP contribution is -2.30. The first-order valence-corrected chi connectivity index (χ1v) is 10.9. The second kappa shape index (κ2) is 8.86. The van der Waals surface area contributed by atoms with Gasteiger partial charge < -0.3 is 5.32 Å². The predicted octanol–water partition coefficient (Wildman–Crippen LogP) is 2.85. The number of nitrogens with zero attached hydrogens (tertiary/aromatic N) is 2. The summed E-state index contributed by atoms with van der Waals surface area (Å²) in [5, 5.41) is 2.83. The molecule has 0 unspecified atom stereocenters. The minimum absolute atomic E-state index is 0.134. The van der Waals surface area contributed by atoms with Gasteiger partial charge in [-0.05, 0) is 56.6 Å². The van der Waals surface area contributed by atoms with Crippen molar-refractivity contribution in [2.75, 3.05) is 32.0 Å². The van der Waals surface area contributed by atoms with Crippen molar-refractivity contribution in [1.29, 1.82) is 0 Å². The number of hydrogen-bond acceptors (Lipinski definition) is 4. The average molecular weight is 402 g/mol. The summed E-state index contributed by atoms with van der Waals surface area (Å²) in [5.41, 5.74) is 2.95. The first kappa shape index (κ1) is 20.5. The van der Waals surface area contributed by atoms with Crippen LogP contribution in [-0.2, 0) is 21.4 Å². The molecule has 0 atom stereocenters. The molecule has 0 saturated carbocycles. The van der Waals surface area contributed by atoms with Gasteiger partial charge in [0.15, 0.2) is 0 Å². The minimum atomic E-state index is -3.43. The summed E-state index contributed by atoms with van der Waals surface area (Å²) in [6.07, 6.45) is 1.81. The largest absolute Gasteiger partial charge is 0.325 e. The Morgan fingerprint density at radius 2 is 1.64 bits per heavy atom. The number of hydrogen-bond donors (Lipinski definition) is 1. The van der Waals surface area contributed by atoms with E-state index in [0.717, 1.165) is 18.4 Å². The maximum Gasteiger partial charge on any atom is 0.243 e. The normalized spacial score (nSPS) is 15.1. The number of aryl methyl sites for hydroxylation is 1. The van der Waals surface area contributed by atoms with Crippen molar-refractivity contribution in [3.8, 4) is 0 Å². The van der Waals surface area contributed by atoms with Crippen LogP contribution >= 0.6 is 0 Å². The van der Waals surface area contributed by atoms with E-state index in [4.69, 9.17) is 0 Å². The summed E-state index contributed by atoms with van der Waals surface area (Å²) in [6, 6.07) is 14.6. The van der Waals surface area contributed by atoms with Crippen molar-refractivity contribution >= 4 is 21.6 Å². The Bertz CT molecular complexity index is 903. The van der Waals surface area contributed by atoms with Gasteiger partial charge in [-0.2, -0.15) is 4.31 Å². The zero-order chi connectivity index (χ0) is 20.1. The average Bonchev–Trinajstić information content (AvgIpc) is 3.19. The second-order valence-corrected chi connectivity index (χ2v) is 9.28. The van der Waals surface area contributed by atoms with Gasteiger partial charge in [-0.1, -0.05) is 29.8 Å². The molecule has 1 fully saturated rings. The molecule has 1 saturated heterocycles. The maximum absolute atomic E-state index is 12.5. The van der Waals surface area contributed by atoms with Crippen LogP contribution in [0.4, 0.5) is 5.69 Å². The fourth-order valence-electron chi connectivity index (χ4n) is 3.29. The van der Waals surface area contributed by atoms with Crippen LogP contribution in [0.25, 0.3) is 0 Å². The Morgan fingerprint density at radius 3 is 2.25 bits per heavy atom. The van der Waals surface area contributed by atoms with E-state index in [-0.39, 0.29) is 17.3 Å². The van der Waals surface area contributed by atoms with E-state index >= 15 is 0 Å². The summed E-state index contributed by atoms with van der Waals surface area (Å²) >= 11 is 0. The molecule has 0 aliphatic carbocycles. The summed E-state index contributed by atoms with van der Waals surface area (Å²) in [6.45, 7) is 4.13. The Kier molecular flexibility index (Phi) is 6.49. The van der Waals surface area contributed by atoms with Gasteiger partial charge in [0.25, 0.3) is 0 Å². The third kappa shape index (κ3) is 5.19. The van der Waals surface area contributed by atoms with Gasteiger partial charge in [0, 0.05) is 25.3 Å². The molecule has 1 aliphatic heterocycles. The van der Waals surface area contributed by atoms with Crippen molar-refractivity contribution in [2.24, 2.45) is 0 Å². The number of nitrogens with one attached hydrogen (secondary N) is 1. The standard InChI is InChI=1S/C21H27N3O3S/c1-17-5-7-18(8-6-17)15-23(2)16-21(25)22-19-9-11-20(12-10-19)28(26,27)24-13-3-4-14-24/h5-12H,3-4,13-16H2,1-2H3,(H,22,25). The Morgan fingerprint density at radius 1 is 1.04 bits per heavy atom. The molecule has 150 valence electrons. The van der Waals surface area contributed by atoms with Crippen LogP contribution < -0.4 is 5.32 Å². The summed E-state index contributed by atoms with van der Waals surface area (Å²) in [4.78, 5) is 14.5. The first-order chi connectivity index (χ1) is 13.3. The third-order valence-corrected chi connectivity index (χ3v) is 6.74. The van der Waals surface area contributed by atoms with Gasteiger partial charge in [-0.15, -0.1) is 0 Å². The smallest absolute Gasteiger partial charge is 0.243 e. The number of amides is 1. The first-order valence-electron chi connectivity index (χ1n) is 9.49. The lowest BCUT2D eigenvalue weighted by molar-refractivity contribution is -0.117. The summed E-state index contributed by atoms with van der Waals surface area (Å²) < 4.78 is 26.6. The lowest BCUT2D eigenvalue weighted by Gasteiger charge is -2.17. The van der Waals surface area contributed by atoms with Gasteiger partial charge in [-0.3, -0.25) is 9.69 Å². The number of likely N-dealkylation sites (N-methyl/N-ethyl adjacent to an activating group) is 1. The summed E-state index contributed by atoms with van der Waals surface area (Å²) in [5.74, 6) is -0.134. The van der Waals surface area contributed by atoms with Gasteiger partial charge in [0.1, 0.15) is 0 Å². The monoisotopic (exact) mass is 401 g/mol. The highest BCUT2D eigenvalue weighted by molar-refractivity contribution is 7.89. The Hall–Kier alpha value is -2.22. The molecule has 0 radical (unpaired) electrons. The molecule has 28 heavy (non-hydrogen) atoms. The van der Waals surface area contributed by atoms with E-state index < -0.39 is 10.0 Å². The quantitative estimate of drug-likeness (QED) is 0.775. The van der Waals surface area contributed by atoms with Gasteiger partial charge >= 0.3 is 0 Å². The molecule has 6 nitrogen and oxygen atoms in total. The molecular formula is C21H27N3O3S. The number of benzene rings is 2. The van der Waals surface area contributed by atoms with Crippen molar-refractivity contribution in [1.82, 2.24) is 9.21 Å². The number of carbonyl (C=O) groups excluding carboxylic acids is 1. The third-order valence-electron chi connectivity index (χ3n) is 4.83. The minimum Gasteiger partial charge on any atom is -0.325 e. The molecule has 0 spiro atoms. The van der Waals surface area contributed by atoms with Gasteiger partial charge in [-0.25, -0.2) is 8.42 Å². The lowest BCUT2D eigenvalue weighted by atomic mass is 10.1.